The van der Waals surface area contributed by atoms with E-state index in [0.29, 0.717) is 0 Å². The zero-order valence-electron chi connectivity index (χ0n) is 14.3. The second kappa shape index (κ2) is 9.19. The van der Waals surface area contributed by atoms with Crippen molar-refractivity contribution in [3.63, 3.8) is 0 Å². The van der Waals surface area contributed by atoms with Crippen molar-refractivity contribution in [2.75, 3.05) is 19.4 Å². The minimum atomic E-state index is -3.40. The number of hydrogen-bond donors (Lipinski definition) is 2. The Hall–Kier alpha value is -1.19. The first-order valence-electron chi connectivity index (χ1n) is 7.28. The molecule has 8 nitrogen and oxygen atoms in total. The van der Waals surface area contributed by atoms with Gasteiger partial charge in [0.15, 0.2) is 0 Å². The minimum Gasteiger partial charge on any atom is -0.481 e. The quantitative estimate of drug-likeness (QED) is 0.557. The van der Waals surface area contributed by atoms with Gasteiger partial charge in [-0.15, -0.1) is 0 Å². The van der Waals surface area contributed by atoms with Gasteiger partial charge in [-0.3, -0.25) is 9.59 Å². The maximum Gasteiger partial charge on any atom is 0.306 e. The van der Waals surface area contributed by atoms with Gasteiger partial charge in [0, 0.05) is 6.54 Å². The van der Waals surface area contributed by atoms with Gasteiger partial charge in [-0.2, -0.15) is 0 Å². The summed E-state index contributed by atoms with van der Waals surface area (Å²) in [6, 6.07) is 0. The smallest absolute Gasteiger partial charge is 0.306 e. The van der Waals surface area contributed by atoms with Gasteiger partial charge in [-0.05, 0) is 12.3 Å². The third kappa shape index (κ3) is 12.0. The average molecular weight is 353 g/mol. The summed E-state index contributed by atoms with van der Waals surface area (Å²) in [7, 11) is -3.40. The van der Waals surface area contributed by atoms with Crippen LogP contribution in [0.3, 0.4) is 0 Å². The van der Waals surface area contributed by atoms with Crippen LogP contribution in [0.4, 0.5) is 0 Å². The van der Waals surface area contributed by atoms with E-state index in [2.05, 4.69) is 4.72 Å². The van der Waals surface area contributed by atoms with E-state index in [4.69, 9.17) is 14.6 Å². The van der Waals surface area contributed by atoms with E-state index >= 15 is 0 Å². The van der Waals surface area contributed by atoms with Crippen LogP contribution in [0, 0.1) is 5.41 Å². The van der Waals surface area contributed by atoms with E-state index in [0.717, 1.165) is 6.26 Å². The Balaban J connectivity index is 4.59. The highest BCUT2D eigenvalue weighted by atomic mass is 32.2. The van der Waals surface area contributed by atoms with Crippen molar-refractivity contribution in [1.82, 2.24) is 4.72 Å². The zero-order chi connectivity index (χ0) is 18.3. The summed E-state index contributed by atoms with van der Waals surface area (Å²) in [5, 5.41) is 8.51. The number of nitrogens with one attached hydrogen (secondary N) is 1. The molecule has 0 aliphatic heterocycles. The van der Waals surface area contributed by atoms with Gasteiger partial charge >= 0.3 is 11.9 Å². The van der Waals surface area contributed by atoms with Crippen LogP contribution in [-0.2, 0) is 29.1 Å². The second-order valence-electron chi connectivity index (χ2n) is 6.46. The SMILES string of the molecule is C[C@H](O[C@@H](CNS(C)(=O)=O)COC(=O)CCC(=O)O)C(C)(C)C. The number of sulfonamides is 1. The first kappa shape index (κ1) is 21.8. The highest BCUT2D eigenvalue weighted by Gasteiger charge is 2.25. The third-order valence-electron chi connectivity index (χ3n) is 3.16. The molecule has 0 fully saturated rings. The molecular formula is C14H27NO7S. The maximum absolute atomic E-state index is 11.5. The van der Waals surface area contributed by atoms with Crippen LogP contribution < -0.4 is 4.72 Å². The Labute approximate surface area is 137 Å². The molecule has 23 heavy (non-hydrogen) atoms. The van der Waals surface area contributed by atoms with Crippen molar-refractivity contribution in [1.29, 1.82) is 0 Å². The molecule has 0 heterocycles. The van der Waals surface area contributed by atoms with Crippen LogP contribution >= 0.6 is 0 Å². The number of aliphatic carboxylic acids is 1. The molecular weight excluding hydrogens is 326 g/mol. The highest BCUT2D eigenvalue weighted by molar-refractivity contribution is 7.88. The first-order valence-corrected chi connectivity index (χ1v) is 9.18. The van der Waals surface area contributed by atoms with Crippen molar-refractivity contribution in [2.45, 2.75) is 52.7 Å². The van der Waals surface area contributed by atoms with Crippen molar-refractivity contribution < 1.29 is 32.6 Å². The van der Waals surface area contributed by atoms with Crippen LogP contribution in [0.2, 0.25) is 0 Å². The average Bonchev–Trinajstić information content (AvgIpc) is 2.37. The summed E-state index contributed by atoms with van der Waals surface area (Å²) in [6.45, 7) is 7.57. The van der Waals surface area contributed by atoms with Crippen LogP contribution in [0.1, 0.15) is 40.5 Å². The number of hydrogen-bond acceptors (Lipinski definition) is 6. The highest BCUT2D eigenvalue weighted by Crippen LogP contribution is 2.22. The van der Waals surface area contributed by atoms with E-state index in [1.54, 1.807) is 0 Å². The van der Waals surface area contributed by atoms with Crippen molar-refractivity contribution in [3.8, 4) is 0 Å². The lowest BCUT2D eigenvalue weighted by Gasteiger charge is -2.31. The predicted octanol–water partition coefficient (Wildman–Crippen LogP) is 0.763. The van der Waals surface area contributed by atoms with Crippen molar-refractivity contribution in [3.05, 3.63) is 0 Å². The fourth-order valence-electron chi connectivity index (χ4n) is 1.35. The largest absolute Gasteiger partial charge is 0.481 e. The van der Waals surface area contributed by atoms with Crippen LogP contribution in [0.25, 0.3) is 0 Å². The number of carboxylic acids is 1. The number of rotatable bonds is 10. The standard InChI is InChI=1S/C14H27NO7S/c1-10(14(2,3)4)22-11(8-15-23(5,19)20)9-21-13(18)7-6-12(16)17/h10-11,15H,6-9H2,1-5H3,(H,16,17)/t10-,11-/m0/s1. The van der Waals surface area contributed by atoms with Gasteiger partial charge in [0.2, 0.25) is 10.0 Å². The number of carbonyl (C=O) groups is 2. The zero-order valence-corrected chi connectivity index (χ0v) is 15.1. The fraction of sp³-hybridized carbons (Fsp3) is 0.857. The number of ether oxygens (including phenoxy) is 2. The lowest BCUT2D eigenvalue weighted by Crippen LogP contribution is -2.40. The molecule has 0 aromatic carbocycles. The molecule has 0 aliphatic carbocycles. The molecule has 0 saturated heterocycles. The second-order valence-corrected chi connectivity index (χ2v) is 8.30. The fourth-order valence-corrected chi connectivity index (χ4v) is 1.84. The molecule has 0 radical (unpaired) electrons. The number of carbonyl (C=O) groups excluding carboxylic acids is 1. The summed E-state index contributed by atoms with van der Waals surface area (Å²) in [6.07, 6.45) is -0.393. The van der Waals surface area contributed by atoms with Gasteiger partial charge in [-0.25, -0.2) is 13.1 Å². The van der Waals surface area contributed by atoms with E-state index in [9.17, 15) is 18.0 Å². The molecule has 0 spiro atoms. The molecule has 0 amide bonds. The van der Waals surface area contributed by atoms with E-state index < -0.39 is 28.1 Å². The van der Waals surface area contributed by atoms with Crippen LogP contribution in [0.5, 0.6) is 0 Å². The Morgan fingerprint density at radius 1 is 1.22 bits per heavy atom. The summed E-state index contributed by atoms with van der Waals surface area (Å²) in [5.41, 5.74) is -0.170. The van der Waals surface area contributed by atoms with Crippen molar-refractivity contribution >= 4 is 22.0 Å². The normalized spacial score (nSPS) is 15.0. The molecule has 0 rings (SSSR count). The molecule has 2 N–H and O–H groups in total. The maximum atomic E-state index is 11.5. The Morgan fingerprint density at radius 2 is 1.78 bits per heavy atom. The number of esters is 1. The first-order chi connectivity index (χ1) is 10.3. The summed E-state index contributed by atoms with van der Waals surface area (Å²) in [4.78, 5) is 21.9. The van der Waals surface area contributed by atoms with E-state index in [1.807, 2.05) is 27.7 Å². The summed E-state index contributed by atoms with van der Waals surface area (Å²) >= 11 is 0. The predicted molar refractivity (Wildman–Crippen MR) is 84.5 cm³/mol. The molecule has 0 aromatic heterocycles. The van der Waals surface area contributed by atoms with Gasteiger partial charge in [-0.1, -0.05) is 20.8 Å². The number of carboxylic acid groups (broad SMARTS) is 1. The summed E-state index contributed by atoms with van der Waals surface area (Å²) < 4.78 is 35.4. The summed E-state index contributed by atoms with van der Waals surface area (Å²) in [5.74, 6) is -1.75. The topological polar surface area (TPSA) is 119 Å². The lowest BCUT2D eigenvalue weighted by molar-refractivity contribution is -0.153. The Kier molecular flexibility index (Phi) is 8.71. The molecule has 0 bridgehead atoms. The molecule has 2 atom stereocenters. The van der Waals surface area contributed by atoms with Gasteiger partial charge < -0.3 is 14.6 Å². The van der Waals surface area contributed by atoms with Gasteiger partial charge in [0.1, 0.15) is 12.7 Å². The van der Waals surface area contributed by atoms with Crippen LogP contribution in [-0.4, -0.2) is 57.1 Å². The Bertz CT molecular complexity index is 496. The molecule has 0 saturated carbocycles. The van der Waals surface area contributed by atoms with Crippen molar-refractivity contribution in [2.24, 2.45) is 5.41 Å². The molecule has 0 aliphatic rings. The van der Waals surface area contributed by atoms with E-state index in [1.165, 1.54) is 0 Å². The molecule has 0 aromatic rings. The molecule has 9 heteroatoms. The van der Waals surface area contributed by atoms with E-state index in [-0.39, 0.29) is 37.5 Å². The monoisotopic (exact) mass is 353 g/mol. The lowest BCUT2D eigenvalue weighted by atomic mass is 9.90. The van der Waals surface area contributed by atoms with Gasteiger partial charge in [0.05, 0.1) is 25.2 Å². The molecule has 136 valence electrons. The van der Waals surface area contributed by atoms with Gasteiger partial charge in [0.25, 0.3) is 0 Å². The minimum absolute atomic E-state index is 0.0362. The molecule has 0 unspecified atom stereocenters. The Morgan fingerprint density at radius 3 is 2.22 bits per heavy atom. The van der Waals surface area contributed by atoms with Crippen LogP contribution in [0.15, 0.2) is 0 Å². The third-order valence-corrected chi connectivity index (χ3v) is 3.85.